The lowest BCUT2D eigenvalue weighted by atomic mass is 10.1. The number of hydrogen-bond donors (Lipinski definition) is 0. The Kier molecular flexibility index (Phi) is 32.9. The average molecular weight is 455 g/mol. The summed E-state index contributed by atoms with van der Waals surface area (Å²) in [7, 11) is 8.65. The van der Waals surface area contributed by atoms with Gasteiger partial charge in [0.2, 0.25) is 0 Å². The summed E-state index contributed by atoms with van der Waals surface area (Å²) in [6.45, 7) is 7.09. The quantitative estimate of drug-likeness (QED) is 0.134. The molecule has 0 aromatic carbocycles. The molecule has 0 unspecified atom stereocenters. The largest absolute Gasteiger partial charge is 0.309 e. The SMILES string of the molecule is CCCCCCCCCCCCCCN(C)C.CCCCCCCCCCCCN(C)C. The van der Waals surface area contributed by atoms with Gasteiger partial charge >= 0.3 is 0 Å². The summed E-state index contributed by atoms with van der Waals surface area (Å²) in [5.74, 6) is 0. The van der Waals surface area contributed by atoms with E-state index in [0.29, 0.717) is 0 Å². The number of rotatable bonds is 24. The van der Waals surface area contributed by atoms with Crippen LogP contribution in [0, 0.1) is 0 Å². The number of hydrogen-bond acceptors (Lipinski definition) is 2. The van der Waals surface area contributed by atoms with Crippen molar-refractivity contribution < 1.29 is 0 Å². The first kappa shape index (κ1) is 34.1. The molecule has 0 heterocycles. The fourth-order valence-electron chi connectivity index (χ4n) is 4.18. The molecule has 0 bridgehead atoms. The Labute approximate surface area is 206 Å². The summed E-state index contributed by atoms with van der Waals surface area (Å²) in [6, 6.07) is 0. The normalized spacial score (nSPS) is 11.2. The van der Waals surface area contributed by atoms with Crippen molar-refractivity contribution in [2.45, 2.75) is 155 Å². The van der Waals surface area contributed by atoms with Gasteiger partial charge in [-0.1, -0.05) is 142 Å². The molecule has 0 aromatic heterocycles. The third-order valence-electron chi connectivity index (χ3n) is 6.42. The predicted octanol–water partition coefficient (Wildman–Crippen LogP) is 9.72. The van der Waals surface area contributed by atoms with Gasteiger partial charge in [0.15, 0.2) is 0 Å². The third-order valence-corrected chi connectivity index (χ3v) is 6.42. The van der Waals surface area contributed by atoms with Crippen molar-refractivity contribution in [3.63, 3.8) is 0 Å². The molecule has 0 amide bonds. The molecule has 0 aliphatic carbocycles. The Bertz CT molecular complexity index is 301. The summed E-state index contributed by atoms with van der Waals surface area (Å²) in [6.07, 6.45) is 31.7. The van der Waals surface area contributed by atoms with Gasteiger partial charge in [-0.05, 0) is 54.1 Å². The minimum atomic E-state index is 1.26. The smallest absolute Gasteiger partial charge is 0.00248 e. The summed E-state index contributed by atoms with van der Waals surface area (Å²) < 4.78 is 0. The number of nitrogens with zero attached hydrogens (tertiary/aromatic N) is 2. The molecular weight excluding hydrogens is 388 g/mol. The fourth-order valence-corrected chi connectivity index (χ4v) is 4.18. The Balaban J connectivity index is 0. The zero-order chi connectivity index (χ0) is 24.1. The molecule has 0 N–H and O–H groups in total. The molecule has 0 spiro atoms. The third kappa shape index (κ3) is 37.2. The second-order valence-corrected chi connectivity index (χ2v) is 10.7. The van der Waals surface area contributed by atoms with Crippen LogP contribution in [0.15, 0.2) is 0 Å². The van der Waals surface area contributed by atoms with E-state index in [1.54, 1.807) is 0 Å². The molecule has 0 atom stereocenters. The molecule has 0 radical (unpaired) electrons. The maximum atomic E-state index is 2.29. The molecule has 0 fully saturated rings. The maximum Gasteiger partial charge on any atom is -0.00248 e. The van der Waals surface area contributed by atoms with Crippen LogP contribution in [0.5, 0.6) is 0 Å². The Morgan fingerprint density at radius 1 is 0.281 bits per heavy atom. The highest BCUT2D eigenvalue weighted by Crippen LogP contribution is 2.12. The van der Waals surface area contributed by atoms with Crippen molar-refractivity contribution in [3.8, 4) is 0 Å². The first-order valence-corrected chi connectivity index (χ1v) is 14.8. The van der Waals surface area contributed by atoms with E-state index in [9.17, 15) is 0 Å². The highest BCUT2D eigenvalue weighted by Gasteiger charge is 1.95. The van der Waals surface area contributed by atoms with E-state index in [1.807, 2.05) is 0 Å². The second-order valence-electron chi connectivity index (χ2n) is 10.7. The molecular formula is C30H66N2. The zero-order valence-corrected chi connectivity index (χ0v) is 23.9. The van der Waals surface area contributed by atoms with Crippen molar-refractivity contribution in [1.82, 2.24) is 9.80 Å². The lowest BCUT2D eigenvalue weighted by Crippen LogP contribution is -2.12. The van der Waals surface area contributed by atoms with Gasteiger partial charge in [-0.15, -0.1) is 0 Å². The summed E-state index contributed by atoms with van der Waals surface area (Å²) in [4.78, 5) is 4.57. The number of unbranched alkanes of at least 4 members (excludes halogenated alkanes) is 20. The van der Waals surface area contributed by atoms with E-state index >= 15 is 0 Å². The molecule has 0 aliphatic rings. The van der Waals surface area contributed by atoms with E-state index < -0.39 is 0 Å². The van der Waals surface area contributed by atoms with Crippen LogP contribution in [0.1, 0.15) is 155 Å². The van der Waals surface area contributed by atoms with Crippen LogP contribution in [0.4, 0.5) is 0 Å². The molecule has 2 nitrogen and oxygen atoms in total. The van der Waals surface area contributed by atoms with E-state index in [0.717, 1.165) is 0 Å². The van der Waals surface area contributed by atoms with E-state index in [4.69, 9.17) is 0 Å². The lowest BCUT2D eigenvalue weighted by molar-refractivity contribution is 0.389. The highest BCUT2D eigenvalue weighted by atomic mass is 15.0. The fraction of sp³-hybridized carbons (Fsp3) is 1.00. The van der Waals surface area contributed by atoms with Crippen LogP contribution < -0.4 is 0 Å². The predicted molar refractivity (Wildman–Crippen MR) is 150 cm³/mol. The summed E-state index contributed by atoms with van der Waals surface area (Å²) in [5, 5.41) is 0. The first-order chi connectivity index (χ1) is 15.5. The summed E-state index contributed by atoms with van der Waals surface area (Å²) >= 11 is 0. The Morgan fingerprint density at radius 3 is 0.656 bits per heavy atom. The van der Waals surface area contributed by atoms with Crippen molar-refractivity contribution >= 4 is 0 Å². The van der Waals surface area contributed by atoms with Crippen LogP contribution in [0.25, 0.3) is 0 Å². The van der Waals surface area contributed by atoms with Crippen LogP contribution in [-0.2, 0) is 0 Å². The van der Waals surface area contributed by atoms with Crippen molar-refractivity contribution in [3.05, 3.63) is 0 Å². The minimum absolute atomic E-state index is 1.26. The van der Waals surface area contributed by atoms with Gasteiger partial charge in [0.1, 0.15) is 0 Å². The molecule has 0 saturated carbocycles. The topological polar surface area (TPSA) is 6.48 Å². The van der Waals surface area contributed by atoms with Crippen molar-refractivity contribution in [2.24, 2.45) is 0 Å². The van der Waals surface area contributed by atoms with Gasteiger partial charge < -0.3 is 9.80 Å². The van der Waals surface area contributed by atoms with E-state index in [-0.39, 0.29) is 0 Å². The van der Waals surface area contributed by atoms with Crippen LogP contribution in [0.2, 0.25) is 0 Å². The molecule has 32 heavy (non-hydrogen) atoms. The van der Waals surface area contributed by atoms with Crippen molar-refractivity contribution in [2.75, 3.05) is 41.3 Å². The van der Waals surface area contributed by atoms with Crippen LogP contribution >= 0.6 is 0 Å². The monoisotopic (exact) mass is 455 g/mol. The molecule has 0 aromatic rings. The first-order valence-electron chi connectivity index (χ1n) is 14.8. The van der Waals surface area contributed by atoms with Gasteiger partial charge in [-0.2, -0.15) is 0 Å². The van der Waals surface area contributed by atoms with E-state index in [1.165, 1.54) is 154 Å². The second kappa shape index (κ2) is 30.9. The van der Waals surface area contributed by atoms with Crippen molar-refractivity contribution in [1.29, 1.82) is 0 Å². The molecule has 0 saturated heterocycles. The van der Waals surface area contributed by atoms with Gasteiger partial charge in [0.05, 0.1) is 0 Å². The van der Waals surface area contributed by atoms with Gasteiger partial charge in [0, 0.05) is 0 Å². The van der Waals surface area contributed by atoms with Gasteiger partial charge in [0.25, 0.3) is 0 Å². The molecule has 2 heteroatoms. The van der Waals surface area contributed by atoms with E-state index in [2.05, 4.69) is 51.8 Å². The van der Waals surface area contributed by atoms with Gasteiger partial charge in [-0.3, -0.25) is 0 Å². The molecule has 0 aliphatic heterocycles. The van der Waals surface area contributed by atoms with Gasteiger partial charge in [-0.25, -0.2) is 0 Å². The Hall–Kier alpha value is -0.0800. The van der Waals surface area contributed by atoms with Crippen LogP contribution in [0.3, 0.4) is 0 Å². The standard InChI is InChI=1S/C16H35N.C14H31N/c1-4-5-6-7-8-9-10-11-12-13-14-15-16-17(2)3;1-4-5-6-7-8-9-10-11-12-13-14-15(2)3/h4-16H2,1-3H3;4-14H2,1-3H3. The maximum absolute atomic E-state index is 2.29. The van der Waals surface area contributed by atoms with Crippen LogP contribution in [-0.4, -0.2) is 51.1 Å². The average Bonchev–Trinajstić information content (AvgIpc) is 2.76. The minimum Gasteiger partial charge on any atom is -0.309 e. The Morgan fingerprint density at radius 2 is 0.469 bits per heavy atom. The lowest BCUT2D eigenvalue weighted by Gasteiger charge is -2.08. The molecule has 196 valence electrons. The molecule has 0 rings (SSSR count). The zero-order valence-electron chi connectivity index (χ0n) is 23.9. The summed E-state index contributed by atoms with van der Waals surface area (Å²) in [5.41, 5.74) is 0. The highest BCUT2D eigenvalue weighted by molar-refractivity contribution is 4.50.